The van der Waals surface area contributed by atoms with Gasteiger partial charge in [0.25, 0.3) is 0 Å². The molecule has 1 fully saturated rings. The molecule has 1 aromatic heterocycles. The molecule has 0 saturated heterocycles. The standard InChI is InChI=1S/C14H14N2O2/c1-18-14(17)12-8-15-13(16-12)11-6-4-10(5-7-11)9-2-3-9/h4-9H,2-3H2,1H3,(H,15,16). The third kappa shape index (κ3) is 2.01. The van der Waals surface area contributed by atoms with Crippen LogP contribution < -0.4 is 0 Å². The molecule has 1 aliphatic rings. The molecule has 1 aliphatic carbocycles. The minimum Gasteiger partial charge on any atom is -0.464 e. The van der Waals surface area contributed by atoms with Crippen LogP contribution in [0.3, 0.4) is 0 Å². The summed E-state index contributed by atoms with van der Waals surface area (Å²) in [6.45, 7) is 0. The van der Waals surface area contributed by atoms with Gasteiger partial charge < -0.3 is 9.72 Å². The Morgan fingerprint density at radius 1 is 1.33 bits per heavy atom. The number of nitrogens with zero attached hydrogens (tertiary/aromatic N) is 1. The predicted octanol–water partition coefficient (Wildman–Crippen LogP) is 2.74. The molecule has 4 nitrogen and oxygen atoms in total. The van der Waals surface area contributed by atoms with Crippen LogP contribution in [-0.2, 0) is 4.74 Å². The van der Waals surface area contributed by atoms with Gasteiger partial charge in [0.15, 0.2) is 0 Å². The van der Waals surface area contributed by atoms with Crippen LogP contribution in [0.2, 0.25) is 0 Å². The van der Waals surface area contributed by atoms with E-state index in [1.807, 2.05) is 12.1 Å². The van der Waals surface area contributed by atoms with Crippen LogP contribution in [-0.4, -0.2) is 23.0 Å². The summed E-state index contributed by atoms with van der Waals surface area (Å²) >= 11 is 0. The third-order valence-corrected chi connectivity index (χ3v) is 3.21. The van der Waals surface area contributed by atoms with Crippen LogP contribution in [0, 0.1) is 0 Å². The monoisotopic (exact) mass is 242 g/mol. The summed E-state index contributed by atoms with van der Waals surface area (Å²) in [5.74, 6) is 1.04. The highest BCUT2D eigenvalue weighted by atomic mass is 16.5. The number of nitrogens with one attached hydrogen (secondary N) is 1. The normalized spacial score (nSPS) is 14.5. The van der Waals surface area contributed by atoms with Gasteiger partial charge in [-0.3, -0.25) is 0 Å². The Kier molecular flexibility index (Phi) is 2.63. The Morgan fingerprint density at radius 3 is 2.67 bits per heavy atom. The van der Waals surface area contributed by atoms with Crippen molar-refractivity contribution in [2.24, 2.45) is 0 Å². The molecule has 2 aromatic rings. The number of imidazole rings is 1. The Labute approximate surface area is 105 Å². The molecule has 0 atom stereocenters. The summed E-state index contributed by atoms with van der Waals surface area (Å²) < 4.78 is 4.63. The van der Waals surface area contributed by atoms with E-state index < -0.39 is 5.97 Å². The lowest BCUT2D eigenvalue weighted by molar-refractivity contribution is 0.0595. The van der Waals surface area contributed by atoms with Crippen molar-refractivity contribution in [1.29, 1.82) is 0 Å². The molecular formula is C14H14N2O2. The molecule has 4 heteroatoms. The number of carbonyl (C=O) groups is 1. The molecule has 1 aromatic carbocycles. The highest BCUT2D eigenvalue weighted by Gasteiger charge is 2.23. The van der Waals surface area contributed by atoms with E-state index in [4.69, 9.17) is 0 Å². The topological polar surface area (TPSA) is 55.0 Å². The number of esters is 1. The largest absolute Gasteiger partial charge is 0.464 e. The Bertz CT molecular complexity index is 568. The number of carbonyl (C=O) groups excluding carboxylic acids is 1. The van der Waals surface area contributed by atoms with Gasteiger partial charge in [0.2, 0.25) is 0 Å². The summed E-state index contributed by atoms with van der Waals surface area (Å²) in [6, 6.07) is 8.34. The van der Waals surface area contributed by atoms with Crippen LogP contribution >= 0.6 is 0 Å². The summed E-state index contributed by atoms with van der Waals surface area (Å²) in [5.41, 5.74) is 2.74. The van der Waals surface area contributed by atoms with E-state index in [-0.39, 0.29) is 0 Å². The highest BCUT2D eigenvalue weighted by Crippen LogP contribution is 2.40. The van der Waals surface area contributed by atoms with E-state index >= 15 is 0 Å². The first-order valence-corrected chi connectivity index (χ1v) is 6.01. The van der Waals surface area contributed by atoms with Crippen molar-refractivity contribution < 1.29 is 9.53 Å². The molecule has 0 radical (unpaired) electrons. The zero-order chi connectivity index (χ0) is 12.5. The Morgan fingerprint density at radius 2 is 2.06 bits per heavy atom. The number of hydrogen-bond acceptors (Lipinski definition) is 3. The molecule has 0 bridgehead atoms. The fourth-order valence-electron chi connectivity index (χ4n) is 2.01. The Balaban J connectivity index is 1.85. The summed E-state index contributed by atoms with van der Waals surface area (Å²) in [5, 5.41) is 0. The molecule has 0 spiro atoms. The molecule has 92 valence electrons. The SMILES string of the molecule is COC(=O)c1cnc(-c2ccc(C3CC3)cc2)[nH]1. The predicted molar refractivity (Wildman–Crippen MR) is 67.3 cm³/mol. The molecule has 18 heavy (non-hydrogen) atoms. The van der Waals surface area contributed by atoms with Crippen LogP contribution in [0.25, 0.3) is 11.4 Å². The zero-order valence-electron chi connectivity index (χ0n) is 10.1. The molecule has 0 amide bonds. The van der Waals surface area contributed by atoms with Gasteiger partial charge in [-0.2, -0.15) is 0 Å². The highest BCUT2D eigenvalue weighted by molar-refractivity contribution is 5.87. The van der Waals surface area contributed by atoms with Gasteiger partial charge in [0.1, 0.15) is 11.5 Å². The number of rotatable bonds is 3. The van der Waals surface area contributed by atoms with Crippen LogP contribution in [0.15, 0.2) is 30.5 Å². The van der Waals surface area contributed by atoms with E-state index in [1.54, 1.807) is 0 Å². The number of ether oxygens (including phenoxy) is 1. The Hall–Kier alpha value is -2.10. The lowest BCUT2D eigenvalue weighted by atomic mass is 10.1. The molecule has 1 heterocycles. The minimum absolute atomic E-state index is 0.374. The lowest BCUT2D eigenvalue weighted by Gasteiger charge is -2.00. The average Bonchev–Trinajstić information content (AvgIpc) is 3.15. The second kappa shape index (κ2) is 4.29. The number of aromatic amines is 1. The first-order chi connectivity index (χ1) is 8.78. The lowest BCUT2D eigenvalue weighted by Crippen LogP contribution is -2.00. The van der Waals surface area contributed by atoms with E-state index in [9.17, 15) is 4.79 Å². The van der Waals surface area contributed by atoms with Gasteiger partial charge in [-0.1, -0.05) is 24.3 Å². The second-order valence-electron chi connectivity index (χ2n) is 4.53. The molecule has 1 N–H and O–H groups in total. The van der Waals surface area contributed by atoms with Crippen molar-refractivity contribution >= 4 is 5.97 Å². The van der Waals surface area contributed by atoms with Gasteiger partial charge in [-0.05, 0) is 24.3 Å². The van der Waals surface area contributed by atoms with E-state index in [0.717, 1.165) is 11.5 Å². The maximum Gasteiger partial charge on any atom is 0.356 e. The number of benzene rings is 1. The average molecular weight is 242 g/mol. The first-order valence-electron chi connectivity index (χ1n) is 6.01. The summed E-state index contributed by atoms with van der Waals surface area (Å²) in [6.07, 6.45) is 4.09. The van der Waals surface area contributed by atoms with Crippen molar-refractivity contribution in [2.45, 2.75) is 18.8 Å². The number of H-pyrrole nitrogens is 1. The quantitative estimate of drug-likeness (QED) is 0.842. The molecule has 3 rings (SSSR count). The van der Waals surface area contributed by atoms with Crippen molar-refractivity contribution in [2.75, 3.05) is 7.11 Å². The summed E-state index contributed by atoms with van der Waals surface area (Å²) in [4.78, 5) is 18.5. The fourth-order valence-corrected chi connectivity index (χ4v) is 2.01. The smallest absolute Gasteiger partial charge is 0.356 e. The van der Waals surface area contributed by atoms with Crippen LogP contribution in [0.5, 0.6) is 0 Å². The molecule has 1 saturated carbocycles. The van der Waals surface area contributed by atoms with Gasteiger partial charge in [0, 0.05) is 5.56 Å². The number of methoxy groups -OCH3 is 1. The maximum absolute atomic E-state index is 11.3. The van der Waals surface area contributed by atoms with E-state index in [0.29, 0.717) is 11.5 Å². The van der Waals surface area contributed by atoms with Gasteiger partial charge in [-0.25, -0.2) is 9.78 Å². The second-order valence-corrected chi connectivity index (χ2v) is 4.53. The van der Waals surface area contributed by atoms with Crippen molar-refractivity contribution in [1.82, 2.24) is 9.97 Å². The van der Waals surface area contributed by atoms with E-state index in [2.05, 4.69) is 26.8 Å². The number of hydrogen-bond donors (Lipinski definition) is 1. The fraction of sp³-hybridized carbons (Fsp3) is 0.286. The molecule has 0 unspecified atom stereocenters. The minimum atomic E-state index is -0.400. The maximum atomic E-state index is 11.3. The van der Waals surface area contributed by atoms with Gasteiger partial charge in [0.05, 0.1) is 13.3 Å². The van der Waals surface area contributed by atoms with E-state index in [1.165, 1.54) is 31.7 Å². The van der Waals surface area contributed by atoms with Crippen LogP contribution in [0.1, 0.15) is 34.8 Å². The third-order valence-electron chi connectivity index (χ3n) is 3.21. The number of aromatic nitrogens is 2. The summed E-state index contributed by atoms with van der Waals surface area (Å²) in [7, 11) is 1.35. The molecule has 0 aliphatic heterocycles. The molecular weight excluding hydrogens is 228 g/mol. The van der Waals surface area contributed by atoms with Crippen molar-refractivity contribution in [3.8, 4) is 11.4 Å². The zero-order valence-corrected chi connectivity index (χ0v) is 10.1. The van der Waals surface area contributed by atoms with Gasteiger partial charge in [-0.15, -0.1) is 0 Å². The van der Waals surface area contributed by atoms with Crippen molar-refractivity contribution in [3.05, 3.63) is 41.7 Å². The van der Waals surface area contributed by atoms with Gasteiger partial charge >= 0.3 is 5.97 Å². The first kappa shape index (κ1) is 11.0. The van der Waals surface area contributed by atoms with Crippen LogP contribution in [0.4, 0.5) is 0 Å². The van der Waals surface area contributed by atoms with Crippen molar-refractivity contribution in [3.63, 3.8) is 0 Å².